The Morgan fingerprint density at radius 3 is 2.75 bits per heavy atom. The Bertz CT molecular complexity index is 685. The number of thiophene rings is 1. The van der Waals surface area contributed by atoms with E-state index < -0.39 is 0 Å². The summed E-state index contributed by atoms with van der Waals surface area (Å²) in [5.41, 5.74) is 1.07. The highest BCUT2D eigenvalue weighted by atomic mass is 79.9. The van der Waals surface area contributed by atoms with Crippen LogP contribution in [0.5, 0.6) is 0 Å². The summed E-state index contributed by atoms with van der Waals surface area (Å²) in [6.45, 7) is 3.18. The number of aromatic nitrogens is 1. The first-order valence-corrected chi connectivity index (χ1v) is 9.82. The van der Waals surface area contributed by atoms with E-state index >= 15 is 0 Å². The van der Waals surface area contributed by atoms with Gasteiger partial charge in [-0.1, -0.05) is 0 Å². The number of amides is 2. The molecule has 3 heterocycles. The van der Waals surface area contributed by atoms with Crippen LogP contribution < -0.4 is 15.5 Å². The van der Waals surface area contributed by atoms with Crippen molar-refractivity contribution in [1.29, 1.82) is 0 Å². The summed E-state index contributed by atoms with van der Waals surface area (Å²) in [4.78, 5) is 19.8. The topological polar surface area (TPSA) is 57.3 Å². The highest BCUT2D eigenvalue weighted by molar-refractivity contribution is 9.10. The number of halogens is 1. The van der Waals surface area contributed by atoms with Gasteiger partial charge >= 0.3 is 6.03 Å². The fourth-order valence-corrected chi connectivity index (χ4v) is 4.12. The molecule has 24 heavy (non-hydrogen) atoms. The number of piperidine rings is 1. The molecule has 2 aromatic rings. The molecule has 1 aliphatic rings. The molecule has 0 unspecified atom stereocenters. The molecule has 0 radical (unpaired) electrons. The number of carbonyl (C=O) groups excluding carboxylic acids is 1. The van der Waals surface area contributed by atoms with Crippen molar-refractivity contribution in [3.63, 3.8) is 0 Å². The first-order chi connectivity index (χ1) is 11.7. The highest BCUT2D eigenvalue weighted by Gasteiger charge is 2.12. The number of urea groups is 1. The first kappa shape index (κ1) is 17.2. The zero-order valence-corrected chi connectivity index (χ0v) is 15.8. The molecule has 2 aromatic heterocycles. The van der Waals surface area contributed by atoms with Gasteiger partial charge in [-0.2, -0.15) is 0 Å². The van der Waals surface area contributed by atoms with Crippen molar-refractivity contribution in [1.82, 2.24) is 15.6 Å². The molecule has 128 valence electrons. The summed E-state index contributed by atoms with van der Waals surface area (Å²) in [6.07, 6.45) is 5.58. The van der Waals surface area contributed by atoms with Gasteiger partial charge in [0.25, 0.3) is 0 Å². The average molecular weight is 409 g/mol. The molecule has 0 spiro atoms. The molecule has 2 amide bonds. The van der Waals surface area contributed by atoms with Crippen molar-refractivity contribution in [2.24, 2.45) is 0 Å². The van der Waals surface area contributed by atoms with Gasteiger partial charge in [-0.05, 0) is 59.0 Å². The van der Waals surface area contributed by atoms with Gasteiger partial charge < -0.3 is 15.5 Å². The summed E-state index contributed by atoms with van der Waals surface area (Å²) in [5, 5.41) is 7.78. The third-order valence-electron chi connectivity index (χ3n) is 3.99. The van der Waals surface area contributed by atoms with Crippen LogP contribution in [0.25, 0.3) is 0 Å². The number of rotatable bonds is 5. The summed E-state index contributed by atoms with van der Waals surface area (Å²) in [5.74, 6) is 1.01. The van der Waals surface area contributed by atoms with Crippen molar-refractivity contribution in [2.45, 2.75) is 32.4 Å². The number of carbonyl (C=O) groups is 1. The molecular weight excluding hydrogens is 388 g/mol. The Morgan fingerprint density at radius 1 is 1.21 bits per heavy atom. The van der Waals surface area contributed by atoms with Crippen LogP contribution in [0.15, 0.2) is 34.2 Å². The maximum Gasteiger partial charge on any atom is 0.315 e. The minimum atomic E-state index is -0.157. The van der Waals surface area contributed by atoms with Crippen LogP contribution in [0.2, 0.25) is 0 Å². The second-order valence-electron chi connectivity index (χ2n) is 5.84. The Hall–Kier alpha value is -1.60. The fraction of sp³-hybridized carbons (Fsp3) is 0.412. The van der Waals surface area contributed by atoms with Crippen LogP contribution >= 0.6 is 27.3 Å². The normalized spacial score (nSPS) is 14.5. The molecule has 1 saturated heterocycles. The third kappa shape index (κ3) is 4.95. The van der Waals surface area contributed by atoms with Crippen molar-refractivity contribution >= 4 is 39.1 Å². The second kappa shape index (κ2) is 8.48. The number of anilines is 1. The molecule has 0 bridgehead atoms. The molecule has 7 heteroatoms. The molecule has 0 aromatic carbocycles. The summed E-state index contributed by atoms with van der Waals surface area (Å²) in [7, 11) is 0. The van der Waals surface area contributed by atoms with E-state index in [0.717, 1.165) is 33.8 Å². The van der Waals surface area contributed by atoms with E-state index in [0.29, 0.717) is 13.1 Å². The van der Waals surface area contributed by atoms with E-state index in [4.69, 9.17) is 0 Å². The predicted molar refractivity (Wildman–Crippen MR) is 101 cm³/mol. The molecule has 5 nitrogen and oxygen atoms in total. The van der Waals surface area contributed by atoms with Crippen LogP contribution in [0.1, 0.15) is 29.7 Å². The van der Waals surface area contributed by atoms with Crippen molar-refractivity contribution in [3.05, 3.63) is 44.7 Å². The van der Waals surface area contributed by atoms with Crippen molar-refractivity contribution in [3.8, 4) is 0 Å². The van der Waals surface area contributed by atoms with Crippen LogP contribution in [0, 0.1) is 0 Å². The van der Waals surface area contributed by atoms with E-state index in [1.165, 1.54) is 19.3 Å². The molecule has 0 atom stereocenters. The molecule has 0 aliphatic carbocycles. The number of nitrogens with zero attached hydrogens (tertiary/aromatic N) is 2. The number of nitrogens with one attached hydrogen (secondary N) is 2. The van der Waals surface area contributed by atoms with Crippen LogP contribution in [-0.2, 0) is 13.1 Å². The van der Waals surface area contributed by atoms with Gasteiger partial charge in [-0.15, -0.1) is 11.3 Å². The summed E-state index contributed by atoms with van der Waals surface area (Å²) >= 11 is 5.03. The van der Waals surface area contributed by atoms with E-state index in [2.05, 4.69) is 42.5 Å². The zero-order chi connectivity index (χ0) is 16.8. The second-order valence-corrected chi connectivity index (χ2v) is 7.75. The minimum Gasteiger partial charge on any atom is -0.357 e. The SMILES string of the molecule is O=C(NCc1ccnc(N2CCCCC2)c1)NCc1cc(Br)cs1. The van der Waals surface area contributed by atoms with E-state index in [-0.39, 0.29) is 6.03 Å². The van der Waals surface area contributed by atoms with Gasteiger partial charge in [0.05, 0.1) is 6.54 Å². The minimum absolute atomic E-state index is 0.157. The quantitative estimate of drug-likeness (QED) is 0.788. The Kier molecular flexibility index (Phi) is 6.09. The van der Waals surface area contributed by atoms with Gasteiger partial charge in [0.1, 0.15) is 5.82 Å². The maximum atomic E-state index is 11.9. The highest BCUT2D eigenvalue weighted by Crippen LogP contribution is 2.19. The largest absolute Gasteiger partial charge is 0.357 e. The van der Waals surface area contributed by atoms with Gasteiger partial charge in [-0.3, -0.25) is 0 Å². The molecule has 3 rings (SSSR count). The standard InChI is InChI=1S/C17H21BrN4OS/c18-14-9-15(24-12-14)11-21-17(23)20-10-13-4-5-19-16(8-13)22-6-2-1-3-7-22/h4-5,8-9,12H,1-3,6-7,10-11H2,(H2,20,21,23). The third-order valence-corrected chi connectivity index (χ3v) is 5.69. The Balaban J connectivity index is 1.47. The Labute approximate surface area is 154 Å². The summed E-state index contributed by atoms with van der Waals surface area (Å²) < 4.78 is 1.05. The molecule has 1 aliphatic heterocycles. The van der Waals surface area contributed by atoms with Gasteiger partial charge in [0.15, 0.2) is 0 Å². The van der Waals surface area contributed by atoms with Gasteiger partial charge in [-0.25, -0.2) is 9.78 Å². The predicted octanol–water partition coefficient (Wildman–Crippen LogP) is 3.90. The van der Waals surface area contributed by atoms with Crippen LogP contribution in [0.3, 0.4) is 0 Å². The van der Waals surface area contributed by atoms with E-state index in [9.17, 15) is 4.79 Å². The number of pyridine rings is 1. The average Bonchev–Trinajstić information content (AvgIpc) is 3.04. The van der Waals surface area contributed by atoms with Gasteiger partial charge in [0.2, 0.25) is 0 Å². The number of hydrogen-bond donors (Lipinski definition) is 2. The van der Waals surface area contributed by atoms with Crippen molar-refractivity contribution < 1.29 is 4.79 Å². The fourth-order valence-electron chi connectivity index (χ4n) is 2.73. The lowest BCUT2D eigenvalue weighted by atomic mass is 10.1. The molecule has 0 saturated carbocycles. The number of hydrogen-bond acceptors (Lipinski definition) is 4. The lowest BCUT2D eigenvalue weighted by Gasteiger charge is -2.27. The smallest absolute Gasteiger partial charge is 0.315 e. The maximum absolute atomic E-state index is 11.9. The van der Waals surface area contributed by atoms with E-state index in [1.54, 1.807) is 11.3 Å². The summed E-state index contributed by atoms with van der Waals surface area (Å²) in [6, 6.07) is 5.88. The molecule has 1 fully saturated rings. The monoisotopic (exact) mass is 408 g/mol. The van der Waals surface area contributed by atoms with Gasteiger partial charge in [0, 0.05) is 40.6 Å². The lowest BCUT2D eigenvalue weighted by molar-refractivity contribution is 0.240. The van der Waals surface area contributed by atoms with Crippen LogP contribution in [0.4, 0.5) is 10.6 Å². The van der Waals surface area contributed by atoms with Crippen LogP contribution in [-0.4, -0.2) is 24.1 Å². The van der Waals surface area contributed by atoms with E-state index in [1.807, 2.05) is 23.7 Å². The first-order valence-electron chi connectivity index (χ1n) is 8.15. The van der Waals surface area contributed by atoms with Crippen molar-refractivity contribution in [2.75, 3.05) is 18.0 Å². The lowest BCUT2D eigenvalue weighted by Crippen LogP contribution is -2.34. The Morgan fingerprint density at radius 2 is 2.00 bits per heavy atom. The molecule has 2 N–H and O–H groups in total. The molecular formula is C17H21BrN4OS. The zero-order valence-electron chi connectivity index (χ0n) is 13.4.